The molecule has 0 fully saturated rings. The number of ether oxygens (including phenoxy) is 3. The molecule has 0 radical (unpaired) electrons. The van der Waals surface area contributed by atoms with Gasteiger partial charge in [0.25, 0.3) is 5.91 Å². The summed E-state index contributed by atoms with van der Waals surface area (Å²) in [5.74, 6) is 0.544. The van der Waals surface area contributed by atoms with E-state index in [1.807, 2.05) is 39.0 Å². The second kappa shape index (κ2) is 9.68. The molecule has 168 valence electrons. The predicted molar refractivity (Wildman–Crippen MR) is 123 cm³/mol. The molecule has 7 heteroatoms. The van der Waals surface area contributed by atoms with Gasteiger partial charge in [0, 0.05) is 19.7 Å². The monoisotopic (exact) mass is 436 g/mol. The number of cyclic esters (lactones) is 1. The minimum absolute atomic E-state index is 0.152. The van der Waals surface area contributed by atoms with Crippen LogP contribution in [0, 0.1) is 13.8 Å². The second-order valence-electron chi connectivity index (χ2n) is 7.77. The molecule has 0 N–H and O–H groups in total. The van der Waals surface area contributed by atoms with Gasteiger partial charge in [0.1, 0.15) is 0 Å². The third kappa shape index (κ3) is 5.17. The van der Waals surface area contributed by atoms with Crippen LogP contribution < -0.4 is 9.47 Å². The van der Waals surface area contributed by atoms with E-state index >= 15 is 0 Å². The molecule has 0 saturated carbocycles. The first-order valence-electron chi connectivity index (χ1n) is 10.4. The van der Waals surface area contributed by atoms with Crippen molar-refractivity contribution in [2.45, 2.75) is 33.8 Å². The zero-order valence-electron chi connectivity index (χ0n) is 19.3. The Balaban J connectivity index is 1.88. The lowest BCUT2D eigenvalue weighted by Gasteiger charge is -2.20. The van der Waals surface area contributed by atoms with Gasteiger partial charge in [-0.15, -0.1) is 0 Å². The summed E-state index contributed by atoms with van der Waals surface area (Å²) >= 11 is 0. The van der Waals surface area contributed by atoms with Crippen molar-refractivity contribution in [1.82, 2.24) is 4.90 Å². The van der Waals surface area contributed by atoms with Gasteiger partial charge >= 0.3 is 5.97 Å². The number of rotatable bonds is 7. The second-order valence-corrected chi connectivity index (χ2v) is 7.77. The van der Waals surface area contributed by atoms with Crippen LogP contribution in [0.15, 0.2) is 47.1 Å². The summed E-state index contributed by atoms with van der Waals surface area (Å²) in [5, 5.41) is 0. The van der Waals surface area contributed by atoms with Gasteiger partial charge < -0.3 is 19.1 Å². The zero-order valence-corrected chi connectivity index (χ0v) is 19.3. The number of hydrogen-bond donors (Lipinski definition) is 0. The van der Waals surface area contributed by atoms with E-state index in [4.69, 9.17) is 14.2 Å². The smallest absolute Gasteiger partial charge is 0.363 e. The van der Waals surface area contributed by atoms with Crippen molar-refractivity contribution in [3.05, 3.63) is 64.3 Å². The number of carbonyl (C=O) groups is 2. The first-order chi connectivity index (χ1) is 15.2. The van der Waals surface area contributed by atoms with Crippen LogP contribution in [0.2, 0.25) is 0 Å². The lowest BCUT2D eigenvalue weighted by Crippen LogP contribution is -2.35. The lowest BCUT2D eigenvalue weighted by molar-refractivity contribution is -0.135. The number of benzene rings is 2. The number of aliphatic imine (C=N–C) groups is 1. The van der Waals surface area contributed by atoms with Crippen LogP contribution in [-0.2, 0) is 14.3 Å². The summed E-state index contributed by atoms with van der Waals surface area (Å²) in [7, 11) is 3.35. The third-order valence-corrected chi connectivity index (χ3v) is 5.04. The number of likely N-dealkylation sites (N-methyl/N-ethyl adjacent to an activating group) is 1. The van der Waals surface area contributed by atoms with Crippen molar-refractivity contribution in [2.24, 2.45) is 4.99 Å². The number of aryl methyl sites for hydroxylation is 2. The fraction of sp³-hybridized carbons (Fsp3) is 0.320. The quantitative estimate of drug-likeness (QED) is 0.486. The standard InChI is InChI=1S/C25H28N2O5/c1-7-30-22-14-18(9-11-21(22)31-17(4)24(28)27(5)6)13-20-25(29)32-23(26-20)19-10-8-15(2)16(3)12-19/h8-14,17H,7H2,1-6H3/b20-13+. The molecule has 1 atom stereocenters. The molecule has 7 nitrogen and oxygen atoms in total. The third-order valence-electron chi connectivity index (χ3n) is 5.04. The molecule has 0 aliphatic carbocycles. The van der Waals surface area contributed by atoms with E-state index in [9.17, 15) is 9.59 Å². The molecule has 2 aromatic carbocycles. The number of amides is 1. The maximum Gasteiger partial charge on any atom is 0.363 e. The molecule has 0 aromatic heterocycles. The lowest BCUT2D eigenvalue weighted by atomic mass is 10.1. The summed E-state index contributed by atoms with van der Waals surface area (Å²) in [5.41, 5.74) is 3.90. The number of hydrogen-bond acceptors (Lipinski definition) is 6. The topological polar surface area (TPSA) is 77.4 Å². The van der Waals surface area contributed by atoms with E-state index in [2.05, 4.69) is 4.99 Å². The van der Waals surface area contributed by atoms with Gasteiger partial charge in [-0.1, -0.05) is 12.1 Å². The fourth-order valence-electron chi connectivity index (χ4n) is 3.15. The summed E-state index contributed by atoms with van der Waals surface area (Å²) in [6.45, 7) is 7.99. The van der Waals surface area contributed by atoms with Crippen LogP contribution in [0.25, 0.3) is 6.08 Å². The zero-order chi connectivity index (χ0) is 23.4. The molecular formula is C25H28N2O5. The highest BCUT2D eigenvalue weighted by Crippen LogP contribution is 2.31. The minimum atomic E-state index is -0.664. The van der Waals surface area contributed by atoms with Gasteiger partial charge in [-0.05, 0) is 74.7 Å². The van der Waals surface area contributed by atoms with Crippen molar-refractivity contribution in [3.8, 4) is 11.5 Å². The van der Waals surface area contributed by atoms with Crippen LogP contribution in [0.4, 0.5) is 0 Å². The minimum Gasteiger partial charge on any atom is -0.490 e. The van der Waals surface area contributed by atoms with Crippen molar-refractivity contribution in [3.63, 3.8) is 0 Å². The van der Waals surface area contributed by atoms with Crippen LogP contribution in [-0.4, -0.2) is 49.5 Å². The van der Waals surface area contributed by atoms with Crippen molar-refractivity contribution < 1.29 is 23.8 Å². The molecule has 1 amide bonds. The van der Waals surface area contributed by atoms with Crippen molar-refractivity contribution >= 4 is 23.9 Å². The molecule has 1 aliphatic rings. The van der Waals surface area contributed by atoms with E-state index in [-0.39, 0.29) is 17.5 Å². The Morgan fingerprint density at radius 1 is 1.12 bits per heavy atom. The van der Waals surface area contributed by atoms with Crippen molar-refractivity contribution in [2.75, 3.05) is 20.7 Å². The van der Waals surface area contributed by atoms with Gasteiger partial charge in [0.15, 0.2) is 23.3 Å². The van der Waals surface area contributed by atoms with E-state index in [0.29, 0.717) is 23.7 Å². The first kappa shape index (κ1) is 23.1. The van der Waals surface area contributed by atoms with Crippen LogP contribution in [0.1, 0.15) is 36.1 Å². The Hall–Kier alpha value is -3.61. The van der Waals surface area contributed by atoms with Gasteiger partial charge in [0.2, 0.25) is 5.90 Å². The Morgan fingerprint density at radius 2 is 1.88 bits per heavy atom. The largest absolute Gasteiger partial charge is 0.490 e. The van der Waals surface area contributed by atoms with Gasteiger partial charge in [-0.2, -0.15) is 0 Å². The average molecular weight is 437 g/mol. The summed E-state index contributed by atoms with van der Waals surface area (Å²) in [6, 6.07) is 11.0. The van der Waals surface area contributed by atoms with Crippen LogP contribution >= 0.6 is 0 Å². The Labute approximate surface area is 188 Å². The molecule has 32 heavy (non-hydrogen) atoms. The molecule has 1 unspecified atom stereocenters. The van der Waals surface area contributed by atoms with Gasteiger partial charge in [0.05, 0.1) is 6.61 Å². The maximum absolute atomic E-state index is 12.4. The molecule has 1 heterocycles. The van der Waals surface area contributed by atoms with Crippen LogP contribution in [0.3, 0.4) is 0 Å². The van der Waals surface area contributed by atoms with Crippen LogP contribution in [0.5, 0.6) is 11.5 Å². The maximum atomic E-state index is 12.4. The molecule has 0 spiro atoms. The number of nitrogens with zero attached hydrogens (tertiary/aromatic N) is 2. The molecule has 2 aromatic rings. The first-order valence-corrected chi connectivity index (χ1v) is 10.4. The summed E-state index contributed by atoms with van der Waals surface area (Å²) < 4.78 is 16.9. The fourth-order valence-corrected chi connectivity index (χ4v) is 3.15. The molecule has 0 bridgehead atoms. The highest BCUT2D eigenvalue weighted by atomic mass is 16.6. The molecule has 0 saturated heterocycles. The van der Waals surface area contributed by atoms with Gasteiger partial charge in [-0.25, -0.2) is 9.79 Å². The van der Waals surface area contributed by atoms with E-state index in [1.54, 1.807) is 45.3 Å². The predicted octanol–water partition coefficient (Wildman–Crippen LogP) is 3.90. The SMILES string of the molecule is CCOc1cc(/C=C2/N=C(c3ccc(C)c(C)c3)OC2=O)ccc1OC(C)C(=O)N(C)C. The Bertz CT molecular complexity index is 1100. The van der Waals surface area contributed by atoms with E-state index < -0.39 is 12.1 Å². The van der Waals surface area contributed by atoms with Crippen molar-refractivity contribution in [1.29, 1.82) is 0 Å². The summed E-state index contributed by atoms with van der Waals surface area (Å²) in [4.78, 5) is 30.3. The normalized spacial score (nSPS) is 15.2. The highest BCUT2D eigenvalue weighted by Gasteiger charge is 2.25. The van der Waals surface area contributed by atoms with E-state index in [1.165, 1.54) is 4.90 Å². The number of esters is 1. The molecule has 3 rings (SSSR count). The highest BCUT2D eigenvalue weighted by molar-refractivity contribution is 6.12. The molecular weight excluding hydrogens is 408 g/mol. The molecule has 1 aliphatic heterocycles. The summed E-state index contributed by atoms with van der Waals surface area (Å²) in [6.07, 6.45) is 0.972. The Kier molecular flexibility index (Phi) is 6.98. The number of carbonyl (C=O) groups excluding carboxylic acids is 2. The van der Waals surface area contributed by atoms with E-state index in [0.717, 1.165) is 16.7 Å². The average Bonchev–Trinajstić information content (AvgIpc) is 3.11. The Morgan fingerprint density at radius 3 is 2.53 bits per heavy atom. The van der Waals surface area contributed by atoms with Gasteiger partial charge in [-0.3, -0.25) is 4.79 Å².